The number of ether oxygens (including phenoxy) is 2. The molecule has 20 heavy (non-hydrogen) atoms. The van der Waals surface area contributed by atoms with E-state index in [0.717, 1.165) is 36.3 Å². The number of hydrogen-bond acceptors (Lipinski definition) is 4. The molecule has 1 unspecified atom stereocenters. The smallest absolute Gasteiger partial charge is 0.176 e. The first-order valence-electron chi connectivity index (χ1n) is 6.72. The van der Waals surface area contributed by atoms with Gasteiger partial charge in [-0.25, -0.2) is 0 Å². The lowest BCUT2D eigenvalue weighted by Gasteiger charge is -2.15. The second-order valence-electron chi connectivity index (χ2n) is 5.12. The molecule has 0 N–H and O–H groups in total. The fraction of sp³-hybridized carbons (Fsp3) is 0.533. The number of halogens is 1. The van der Waals surface area contributed by atoms with Crippen LogP contribution in [-0.2, 0) is 4.74 Å². The van der Waals surface area contributed by atoms with Gasteiger partial charge in [0.2, 0.25) is 0 Å². The summed E-state index contributed by atoms with van der Waals surface area (Å²) in [5, 5.41) is 0. The van der Waals surface area contributed by atoms with Crippen LogP contribution in [0.15, 0.2) is 22.7 Å². The highest BCUT2D eigenvalue weighted by Gasteiger charge is 2.24. The topological polar surface area (TPSA) is 38.8 Å². The van der Waals surface area contributed by atoms with Crippen LogP contribution in [0.2, 0.25) is 0 Å². The van der Waals surface area contributed by atoms with Gasteiger partial charge in [0.1, 0.15) is 5.75 Å². The van der Waals surface area contributed by atoms with Gasteiger partial charge in [-0.3, -0.25) is 9.69 Å². The monoisotopic (exact) mass is 341 g/mol. The molecule has 1 aromatic carbocycles. The van der Waals surface area contributed by atoms with Gasteiger partial charge in [-0.05, 0) is 53.0 Å². The summed E-state index contributed by atoms with van der Waals surface area (Å²) < 4.78 is 11.2. The molecule has 1 atom stereocenters. The van der Waals surface area contributed by atoms with E-state index >= 15 is 0 Å². The Labute approximate surface area is 128 Å². The molecule has 0 radical (unpaired) electrons. The Morgan fingerprint density at radius 2 is 2.25 bits per heavy atom. The van der Waals surface area contributed by atoms with Gasteiger partial charge in [0.25, 0.3) is 0 Å². The highest BCUT2D eigenvalue weighted by Crippen LogP contribution is 2.26. The van der Waals surface area contributed by atoms with E-state index in [4.69, 9.17) is 9.47 Å². The van der Waals surface area contributed by atoms with E-state index in [-0.39, 0.29) is 5.78 Å². The maximum absolute atomic E-state index is 12.3. The summed E-state index contributed by atoms with van der Waals surface area (Å²) in [5.74, 6) is 1.43. The molecule has 1 heterocycles. The predicted molar refractivity (Wildman–Crippen MR) is 81.4 cm³/mol. The summed E-state index contributed by atoms with van der Waals surface area (Å²) in [7, 11) is 3.34. The first-order valence-corrected chi connectivity index (χ1v) is 7.51. The number of likely N-dealkylation sites (tertiary alicyclic amines) is 1. The van der Waals surface area contributed by atoms with Crippen molar-refractivity contribution < 1.29 is 14.3 Å². The van der Waals surface area contributed by atoms with Crippen LogP contribution < -0.4 is 4.74 Å². The third-order valence-electron chi connectivity index (χ3n) is 3.61. The largest absolute Gasteiger partial charge is 0.496 e. The van der Waals surface area contributed by atoms with Gasteiger partial charge in [0.15, 0.2) is 5.78 Å². The minimum Gasteiger partial charge on any atom is -0.496 e. The Bertz CT molecular complexity index is 478. The summed E-state index contributed by atoms with van der Waals surface area (Å²) in [6.07, 6.45) is 1.10. The molecule has 0 bridgehead atoms. The Hall–Kier alpha value is -0.910. The van der Waals surface area contributed by atoms with Crippen LogP contribution in [0.1, 0.15) is 16.8 Å². The summed E-state index contributed by atoms with van der Waals surface area (Å²) in [4.78, 5) is 14.5. The van der Waals surface area contributed by atoms with E-state index < -0.39 is 0 Å². The van der Waals surface area contributed by atoms with Crippen molar-refractivity contribution in [3.05, 3.63) is 28.2 Å². The van der Waals surface area contributed by atoms with E-state index in [1.165, 1.54) is 0 Å². The van der Waals surface area contributed by atoms with E-state index in [9.17, 15) is 4.79 Å². The number of methoxy groups -OCH3 is 2. The quantitative estimate of drug-likeness (QED) is 0.745. The summed E-state index contributed by atoms with van der Waals surface area (Å²) in [5.41, 5.74) is 0.716. The molecule has 1 aromatic rings. The van der Waals surface area contributed by atoms with Crippen LogP contribution in [0, 0.1) is 5.92 Å². The molecular formula is C15H20BrNO3. The van der Waals surface area contributed by atoms with Crippen molar-refractivity contribution in [2.45, 2.75) is 6.42 Å². The SMILES string of the molecule is COCC1CCN(CC(=O)c2ccc(OC)c(Br)c2)C1. The molecule has 110 valence electrons. The van der Waals surface area contributed by atoms with Gasteiger partial charge in [-0.1, -0.05) is 0 Å². The first-order chi connectivity index (χ1) is 9.63. The minimum atomic E-state index is 0.145. The van der Waals surface area contributed by atoms with Gasteiger partial charge in [-0.2, -0.15) is 0 Å². The van der Waals surface area contributed by atoms with Crippen LogP contribution in [0.3, 0.4) is 0 Å². The normalized spacial score (nSPS) is 19.2. The van der Waals surface area contributed by atoms with Crippen molar-refractivity contribution in [3.63, 3.8) is 0 Å². The van der Waals surface area contributed by atoms with Gasteiger partial charge >= 0.3 is 0 Å². The highest BCUT2D eigenvalue weighted by atomic mass is 79.9. The average Bonchev–Trinajstić information content (AvgIpc) is 2.86. The highest BCUT2D eigenvalue weighted by molar-refractivity contribution is 9.10. The molecule has 0 amide bonds. The lowest BCUT2D eigenvalue weighted by molar-refractivity contribution is 0.0937. The second-order valence-corrected chi connectivity index (χ2v) is 5.97. The molecule has 0 aromatic heterocycles. The molecular weight excluding hydrogens is 322 g/mol. The van der Waals surface area contributed by atoms with Crippen molar-refractivity contribution in [3.8, 4) is 5.75 Å². The van der Waals surface area contributed by atoms with Crippen molar-refractivity contribution in [1.82, 2.24) is 4.90 Å². The van der Waals surface area contributed by atoms with Crippen molar-refractivity contribution >= 4 is 21.7 Å². The molecule has 0 aliphatic carbocycles. The van der Waals surface area contributed by atoms with Crippen molar-refractivity contribution in [2.24, 2.45) is 5.92 Å². The first kappa shape index (κ1) is 15.5. The standard InChI is InChI=1S/C15H20BrNO3/c1-19-10-11-5-6-17(8-11)9-14(18)12-3-4-15(20-2)13(16)7-12/h3-4,7,11H,5-6,8-10H2,1-2H3. The maximum Gasteiger partial charge on any atom is 0.176 e. The fourth-order valence-corrected chi connectivity index (χ4v) is 3.10. The second kappa shape index (κ2) is 7.20. The molecule has 5 heteroatoms. The van der Waals surface area contributed by atoms with E-state index in [0.29, 0.717) is 18.0 Å². The molecule has 1 aliphatic heterocycles. The van der Waals surface area contributed by atoms with Crippen molar-refractivity contribution in [1.29, 1.82) is 0 Å². The number of hydrogen-bond donors (Lipinski definition) is 0. The number of ketones is 1. The number of Topliss-reactive ketones (excluding diaryl/α,β-unsaturated/α-hetero) is 1. The number of rotatable bonds is 6. The zero-order chi connectivity index (χ0) is 14.5. The van der Waals surface area contributed by atoms with Gasteiger partial charge in [0.05, 0.1) is 24.7 Å². The molecule has 2 rings (SSSR count). The Balaban J connectivity index is 1.94. The molecule has 4 nitrogen and oxygen atoms in total. The molecule has 1 fully saturated rings. The van der Waals surface area contributed by atoms with E-state index in [2.05, 4.69) is 20.8 Å². The molecule has 0 saturated carbocycles. The number of benzene rings is 1. The molecule has 1 aliphatic rings. The number of nitrogens with zero attached hydrogens (tertiary/aromatic N) is 1. The number of carbonyl (C=O) groups excluding carboxylic acids is 1. The van der Waals surface area contributed by atoms with E-state index in [1.54, 1.807) is 14.2 Å². The molecule has 0 spiro atoms. The third-order valence-corrected chi connectivity index (χ3v) is 4.23. The fourth-order valence-electron chi connectivity index (χ4n) is 2.56. The molecule has 1 saturated heterocycles. The van der Waals surface area contributed by atoms with Gasteiger partial charge < -0.3 is 9.47 Å². The average molecular weight is 342 g/mol. The van der Waals surface area contributed by atoms with E-state index in [1.807, 2.05) is 18.2 Å². The summed E-state index contributed by atoms with van der Waals surface area (Å²) >= 11 is 3.41. The predicted octanol–water partition coefficient (Wildman–Crippen LogP) is 2.61. The van der Waals surface area contributed by atoms with Crippen LogP contribution >= 0.6 is 15.9 Å². The lowest BCUT2D eigenvalue weighted by atomic mass is 10.1. The zero-order valence-electron chi connectivity index (χ0n) is 11.9. The summed E-state index contributed by atoms with van der Waals surface area (Å²) in [6, 6.07) is 5.45. The zero-order valence-corrected chi connectivity index (χ0v) is 13.5. The maximum atomic E-state index is 12.3. The summed E-state index contributed by atoms with van der Waals surface area (Å²) in [6.45, 7) is 3.16. The third kappa shape index (κ3) is 3.81. The lowest BCUT2D eigenvalue weighted by Crippen LogP contribution is -2.28. The minimum absolute atomic E-state index is 0.145. The van der Waals surface area contributed by atoms with Crippen molar-refractivity contribution in [2.75, 3.05) is 40.5 Å². The number of carbonyl (C=O) groups is 1. The van der Waals surface area contributed by atoms with Crippen LogP contribution in [-0.4, -0.2) is 51.1 Å². The van der Waals surface area contributed by atoms with Crippen LogP contribution in [0.4, 0.5) is 0 Å². The van der Waals surface area contributed by atoms with Crippen LogP contribution in [0.25, 0.3) is 0 Å². The Kier molecular flexibility index (Phi) is 5.57. The Morgan fingerprint density at radius 1 is 1.45 bits per heavy atom. The van der Waals surface area contributed by atoms with Crippen LogP contribution in [0.5, 0.6) is 5.75 Å². The van der Waals surface area contributed by atoms with Gasteiger partial charge in [-0.15, -0.1) is 0 Å². The Morgan fingerprint density at radius 3 is 2.90 bits per heavy atom. The van der Waals surface area contributed by atoms with Gasteiger partial charge in [0, 0.05) is 19.2 Å².